The average Bonchev–Trinajstić information content (AvgIpc) is 3.33. The van der Waals surface area contributed by atoms with Crippen LogP contribution in [-0.2, 0) is 19.1 Å². The van der Waals surface area contributed by atoms with Crippen LogP contribution in [0.1, 0.15) is 60.8 Å². The van der Waals surface area contributed by atoms with Crippen LogP contribution in [0.3, 0.4) is 0 Å². The third kappa shape index (κ3) is 2.75. The van der Waals surface area contributed by atoms with E-state index in [2.05, 4.69) is 38.2 Å². The van der Waals surface area contributed by atoms with Crippen LogP contribution in [0.25, 0.3) is 0 Å². The largest absolute Gasteiger partial charge is 0.462 e. The molecule has 2 fully saturated rings. The third-order valence-electron chi connectivity index (χ3n) is 10.6. The van der Waals surface area contributed by atoms with Crippen LogP contribution in [0.4, 0.5) is 0 Å². The summed E-state index contributed by atoms with van der Waals surface area (Å²) in [6, 6.07) is 0. The standard InChI is InChI=1S/C28H37NO5/c1-15(30)34-23-14-20-26(4)11-9-21(31)25(2,3)19(26)13-22(32)28(20,6)18-8-7-17(27(18,23)5)16-10-12-29-24(16)33/h8-11,17,19-20,22-23,32H,7,12-14H2,1-6H3,(H,29,33)/t17-,19-,20+,22+,23-,26-,27-,28-/m0/s1. The predicted molar refractivity (Wildman–Crippen MR) is 127 cm³/mol. The Labute approximate surface area is 201 Å². The Morgan fingerprint density at radius 1 is 1.06 bits per heavy atom. The Kier molecular flexibility index (Phi) is 4.95. The van der Waals surface area contributed by atoms with Crippen molar-refractivity contribution >= 4 is 17.7 Å². The quantitative estimate of drug-likeness (QED) is 0.479. The molecule has 0 radical (unpaired) electrons. The van der Waals surface area contributed by atoms with Gasteiger partial charge in [-0.25, -0.2) is 0 Å². The van der Waals surface area contributed by atoms with Gasteiger partial charge in [-0.1, -0.05) is 58.4 Å². The molecule has 6 nitrogen and oxygen atoms in total. The van der Waals surface area contributed by atoms with Crippen LogP contribution in [0.2, 0.25) is 0 Å². The molecule has 0 aromatic heterocycles. The molecular weight excluding hydrogens is 430 g/mol. The lowest BCUT2D eigenvalue weighted by Gasteiger charge is -2.67. The third-order valence-corrected chi connectivity index (χ3v) is 10.6. The first-order valence-electron chi connectivity index (χ1n) is 12.6. The number of hydrogen-bond acceptors (Lipinski definition) is 5. The van der Waals surface area contributed by atoms with E-state index in [4.69, 9.17) is 4.74 Å². The molecule has 8 atom stereocenters. The summed E-state index contributed by atoms with van der Waals surface area (Å²) in [4.78, 5) is 37.8. The fourth-order valence-electron chi connectivity index (χ4n) is 8.77. The smallest absolute Gasteiger partial charge is 0.302 e. The molecule has 1 heterocycles. The average molecular weight is 468 g/mol. The van der Waals surface area contributed by atoms with Gasteiger partial charge in [-0.2, -0.15) is 0 Å². The molecule has 6 heteroatoms. The lowest BCUT2D eigenvalue weighted by molar-refractivity contribution is -0.193. The topological polar surface area (TPSA) is 92.7 Å². The van der Waals surface area contributed by atoms with E-state index in [1.54, 1.807) is 6.08 Å². The van der Waals surface area contributed by atoms with Gasteiger partial charge in [-0.3, -0.25) is 14.4 Å². The zero-order valence-electron chi connectivity index (χ0n) is 21.1. The van der Waals surface area contributed by atoms with Crippen LogP contribution < -0.4 is 5.32 Å². The van der Waals surface area contributed by atoms with E-state index in [0.29, 0.717) is 25.8 Å². The molecule has 2 N–H and O–H groups in total. The normalized spacial score (nSPS) is 46.6. The summed E-state index contributed by atoms with van der Waals surface area (Å²) in [5.74, 6) is -0.439. The molecule has 34 heavy (non-hydrogen) atoms. The van der Waals surface area contributed by atoms with Crippen molar-refractivity contribution in [3.8, 4) is 0 Å². The molecule has 4 aliphatic carbocycles. The Morgan fingerprint density at radius 3 is 2.38 bits per heavy atom. The van der Waals surface area contributed by atoms with Crippen molar-refractivity contribution in [3.05, 3.63) is 35.5 Å². The predicted octanol–water partition coefficient (Wildman–Crippen LogP) is 3.51. The second-order valence-electron chi connectivity index (χ2n) is 12.3. The first-order valence-corrected chi connectivity index (χ1v) is 12.6. The van der Waals surface area contributed by atoms with Crippen molar-refractivity contribution in [1.82, 2.24) is 5.32 Å². The molecule has 0 bridgehead atoms. The summed E-state index contributed by atoms with van der Waals surface area (Å²) >= 11 is 0. The number of esters is 1. The van der Waals surface area contributed by atoms with Crippen molar-refractivity contribution in [2.75, 3.05) is 6.54 Å². The van der Waals surface area contributed by atoms with E-state index in [1.807, 2.05) is 19.9 Å². The summed E-state index contributed by atoms with van der Waals surface area (Å²) in [6.07, 6.45) is 8.68. The number of carbonyl (C=O) groups excluding carboxylic acids is 3. The number of aliphatic hydroxyl groups excluding tert-OH is 1. The first-order chi connectivity index (χ1) is 15.8. The van der Waals surface area contributed by atoms with Gasteiger partial charge >= 0.3 is 5.97 Å². The maximum Gasteiger partial charge on any atom is 0.302 e. The molecule has 1 amide bonds. The fraction of sp³-hybridized carbons (Fsp3) is 0.679. The number of fused-ring (bicyclic) bond motifs is 5. The molecule has 184 valence electrons. The number of ketones is 1. The Balaban J connectivity index is 1.67. The number of ether oxygens (including phenoxy) is 1. The SMILES string of the molecule is CC(=O)O[C@H]1C[C@@H]2[C@@]3(C)C=CC(=O)C(C)(C)[C@@H]3C[C@@H](O)[C@@]2(C)C2=CC[C@@H](C3=CCNC3=O)[C@@]21C. The lowest BCUT2D eigenvalue weighted by atomic mass is 9.38. The van der Waals surface area contributed by atoms with Gasteiger partial charge in [0, 0.05) is 41.2 Å². The zero-order chi connectivity index (χ0) is 24.8. The summed E-state index contributed by atoms with van der Waals surface area (Å²) in [5, 5.41) is 14.7. The molecule has 0 unspecified atom stereocenters. The number of nitrogens with one attached hydrogen (secondary N) is 1. The number of amides is 1. The maximum absolute atomic E-state index is 12.8. The number of allylic oxidation sites excluding steroid dienone is 3. The zero-order valence-corrected chi connectivity index (χ0v) is 21.1. The maximum atomic E-state index is 12.8. The lowest BCUT2D eigenvalue weighted by Crippen LogP contribution is -2.66. The molecule has 0 saturated heterocycles. The van der Waals surface area contributed by atoms with Crippen molar-refractivity contribution in [2.45, 2.75) is 73.0 Å². The van der Waals surface area contributed by atoms with Gasteiger partial charge in [-0.15, -0.1) is 0 Å². The van der Waals surface area contributed by atoms with Gasteiger partial charge in [0.15, 0.2) is 5.78 Å². The van der Waals surface area contributed by atoms with Gasteiger partial charge in [-0.05, 0) is 42.6 Å². The van der Waals surface area contributed by atoms with Crippen molar-refractivity contribution in [2.24, 2.45) is 39.4 Å². The second kappa shape index (κ2) is 7.16. The minimum absolute atomic E-state index is 0.0194. The molecule has 0 aromatic carbocycles. The van der Waals surface area contributed by atoms with Gasteiger partial charge in [0.05, 0.1) is 6.10 Å². The van der Waals surface area contributed by atoms with Crippen LogP contribution in [0.15, 0.2) is 35.5 Å². The van der Waals surface area contributed by atoms with E-state index >= 15 is 0 Å². The summed E-state index contributed by atoms with van der Waals surface area (Å²) in [5.41, 5.74) is -0.202. The summed E-state index contributed by atoms with van der Waals surface area (Å²) in [7, 11) is 0. The van der Waals surface area contributed by atoms with Crippen LogP contribution in [0, 0.1) is 39.4 Å². The van der Waals surface area contributed by atoms with Crippen LogP contribution in [0.5, 0.6) is 0 Å². The molecule has 5 aliphatic rings. The van der Waals surface area contributed by atoms with E-state index in [-0.39, 0.29) is 40.8 Å². The second-order valence-corrected chi connectivity index (χ2v) is 12.3. The van der Waals surface area contributed by atoms with Crippen LogP contribution >= 0.6 is 0 Å². The van der Waals surface area contributed by atoms with Crippen molar-refractivity contribution in [1.29, 1.82) is 0 Å². The van der Waals surface area contributed by atoms with E-state index in [0.717, 1.165) is 11.1 Å². The molecular formula is C28H37NO5. The molecule has 0 aromatic rings. The fourth-order valence-corrected chi connectivity index (χ4v) is 8.77. The first kappa shape index (κ1) is 23.5. The highest BCUT2D eigenvalue weighted by Gasteiger charge is 2.70. The molecule has 1 aliphatic heterocycles. The van der Waals surface area contributed by atoms with Gasteiger partial charge in [0.1, 0.15) is 6.10 Å². The summed E-state index contributed by atoms with van der Waals surface area (Å²) in [6.45, 7) is 12.4. The van der Waals surface area contributed by atoms with E-state index < -0.39 is 28.5 Å². The Morgan fingerprint density at radius 2 is 1.76 bits per heavy atom. The highest BCUT2D eigenvalue weighted by atomic mass is 16.5. The monoisotopic (exact) mass is 467 g/mol. The minimum atomic E-state index is -0.636. The highest BCUT2D eigenvalue weighted by molar-refractivity contribution is 5.97. The molecule has 2 saturated carbocycles. The van der Waals surface area contributed by atoms with Crippen molar-refractivity contribution in [3.63, 3.8) is 0 Å². The minimum Gasteiger partial charge on any atom is -0.462 e. The van der Waals surface area contributed by atoms with Crippen LogP contribution in [-0.4, -0.2) is 41.5 Å². The number of carbonyl (C=O) groups is 3. The molecule has 5 rings (SSSR count). The van der Waals surface area contributed by atoms with Gasteiger partial charge in [0.2, 0.25) is 5.91 Å². The van der Waals surface area contributed by atoms with E-state index in [9.17, 15) is 19.5 Å². The van der Waals surface area contributed by atoms with Crippen molar-refractivity contribution < 1.29 is 24.2 Å². The Hall–Kier alpha value is -2.21. The van der Waals surface area contributed by atoms with Gasteiger partial charge in [0.25, 0.3) is 0 Å². The summed E-state index contributed by atoms with van der Waals surface area (Å²) < 4.78 is 6.05. The van der Waals surface area contributed by atoms with E-state index in [1.165, 1.54) is 6.92 Å². The Bertz CT molecular complexity index is 1070. The molecule has 0 spiro atoms. The highest BCUT2D eigenvalue weighted by Crippen LogP contribution is 2.72. The van der Waals surface area contributed by atoms with Gasteiger partial charge < -0.3 is 15.2 Å². The number of rotatable bonds is 2. The number of aliphatic hydroxyl groups is 1. The number of hydrogen-bond donors (Lipinski definition) is 2.